The van der Waals surface area contributed by atoms with Gasteiger partial charge >= 0.3 is 0 Å². The maximum Gasteiger partial charge on any atom is 0.217 e. The number of aliphatic hydroxyl groups excluding tert-OH is 3. The van der Waals surface area contributed by atoms with Gasteiger partial charge < -0.3 is 30.5 Å². The zero-order valence-corrected chi connectivity index (χ0v) is 10.2. The van der Waals surface area contributed by atoms with E-state index >= 15 is 0 Å². The second-order valence-electron chi connectivity index (χ2n) is 4.37. The number of hydrogen-bond donors (Lipinski definition) is 4. The number of nitrogens with two attached hydrogens (primary N) is 1. The predicted molar refractivity (Wildman–Crippen MR) is 61.4 cm³/mol. The normalized spacial score (nSPS) is 32.4. The van der Waals surface area contributed by atoms with Gasteiger partial charge in [-0.15, -0.1) is 0 Å². The Morgan fingerprint density at radius 2 is 2.11 bits per heavy atom. The molecular weight excluding hydrogens is 242 g/mol. The van der Waals surface area contributed by atoms with Crippen LogP contribution in [0.25, 0.3) is 0 Å². The summed E-state index contributed by atoms with van der Waals surface area (Å²) in [6.45, 7) is -0.00132. The Balaban J connectivity index is 2.20. The summed E-state index contributed by atoms with van der Waals surface area (Å²) in [5.41, 5.74) is 4.99. The average molecular weight is 263 g/mol. The molecule has 0 bridgehead atoms. The minimum atomic E-state index is -1.09. The molecule has 1 saturated heterocycles. The monoisotopic (exact) mass is 263 g/mol. The lowest BCUT2D eigenvalue weighted by atomic mass is 10.0. The lowest BCUT2D eigenvalue weighted by Gasteiger charge is -2.36. The third kappa shape index (κ3) is 4.87. The summed E-state index contributed by atoms with van der Waals surface area (Å²) >= 11 is 0. The Bertz CT molecular complexity index is 262. The van der Waals surface area contributed by atoms with Gasteiger partial charge in [0.15, 0.2) is 6.29 Å². The first-order valence-corrected chi connectivity index (χ1v) is 6.07. The molecular formula is C11H21NO6. The summed E-state index contributed by atoms with van der Waals surface area (Å²) in [6, 6.07) is 0. The molecule has 4 atom stereocenters. The third-order valence-electron chi connectivity index (χ3n) is 2.84. The minimum absolute atomic E-state index is 0.160. The van der Waals surface area contributed by atoms with Crippen LogP contribution in [-0.2, 0) is 14.3 Å². The van der Waals surface area contributed by atoms with Gasteiger partial charge in [0, 0.05) is 19.4 Å². The molecule has 0 saturated carbocycles. The summed E-state index contributed by atoms with van der Waals surface area (Å²) in [6.07, 6.45) is -1.76. The van der Waals surface area contributed by atoms with Crippen LogP contribution in [0.5, 0.6) is 0 Å². The molecule has 0 spiro atoms. The summed E-state index contributed by atoms with van der Waals surface area (Å²) in [4.78, 5) is 10.5. The fraction of sp³-hybridized carbons (Fsp3) is 0.909. The fourth-order valence-electron chi connectivity index (χ4n) is 1.79. The van der Waals surface area contributed by atoms with E-state index in [-0.39, 0.29) is 18.9 Å². The number of hydrogen-bond acceptors (Lipinski definition) is 6. The quantitative estimate of drug-likeness (QED) is 0.414. The first-order valence-electron chi connectivity index (χ1n) is 6.07. The second kappa shape index (κ2) is 7.65. The number of unbranched alkanes of at least 4 members (excludes halogenated alkanes) is 1. The lowest BCUT2D eigenvalue weighted by Crippen LogP contribution is -2.50. The van der Waals surface area contributed by atoms with Crippen molar-refractivity contribution in [1.29, 1.82) is 0 Å². The molecule has 1 heterocycles. The molecule has 0 aliphatic carbocycles. The van der Waals surface area contributed by atoms with Crippen LogP contribution >= 0.6 is 0 Å². The molecule has 1 amide bonds. The Morgan fingerprint density at radius 1 is 1.39 bits per heavy atom. The number of ether oxygens (including phenoxy) is 2. The number of primary amides is 1. The predicted octanol–water partition coefficient (Wildman–Crippen LogP) is -1.51. The number of rotatable bonds is 7. The SMILES string of the molecule is NC(=O)CCCCO[C@H]1C[C@@H](O)[C@@H](O)[C@@H](CO)O1. The van der Waals surface area contributed by atoms with E-state index in [0.29, 0.717) is 25.9 Å². The zero-order chi connectivity index (χ0) is 13.5. The molecule has 0 unspecified atom stereocenters. The van der Waals surface area contributed by atoms with Crippen LogP contribution in [-0.4, -0.2) is 59.0 Å². The van der Waals surface area contributed by atoms with Crippen LogP contribution in [0.3, 0.4) is 0 Å². The van der Waals surface area contributed by atoms with Crippen molar-refractivity contribution in [2.45, 2.75) is 50.3 Å². The van der Waals surface area contributed by atoms with E-state index in [1.165, 1.54) is 0 Å². The van der Waals surface area contributed by atoms with Crippen molar-refractivity contribution in [3.05, 3.63) is 0 Å². The van der Waals surface area contributed by atoms with Crippen molar-refractivity contribution in [1.82, 2.24) is 0 Å². The van der Waals surface area contributed by atoms with Gasteiger partial charge in [0.25, 0.3) is 0 Å². The molecule has 0 aromatic rings. The van der Waals surface area contributed by atoms with E-state index in [9.17, 15) is 15.0 Å². The molecule has 7 nitrogen and oxygen atoms in total. The molecule has 1 fully saturated rings. The van der Waals surface area contributed by atoms with Crippen molar-refractivity contribution >= 4 is 5.91 Å². The van der Waals surface area contributed by atoms with Gasteiger partial charge in [-0.2, -0.15) is 0 Å². The number of amides is 1. The van der Waals surface area contributed by atoms with Crippen molar-refractivity contribution in [3.63, 3.8) is 0 Å². The molecule has 1 aliphatic heterocycles. The number of aliphatic hydroxyl groups is 3. The maximum atomic E-state index is 10.5. The minimum Gasteiger partial charge on any atom is -0.394 e. The van der Waals surface area contributed by atoms with Gasteiger partial charge in [0.05, 0.1) is 12.7 Å². The van der Waals surface area contributed by atoms with Crippen molar-refractivity contribution in [2.24, 2.45) is 5.73 Å². The molecule has 0 aromatic heterocycles. The summed E-state index contributed by atoms with van der Waals surface area (Å²) in [7, 11) is 0. The highest BCUT2D eigenvalue weighted by Gasteiger charge is 2.36. The van der Waals surface area contributed by atoms with Crippen LogP contribution < -0.4 is 5.73 Å². The Labute approximate surface area is 105 Å². The van der Waals surface area contributed by atoms with Crippen LogP contribution in [0.4, 0.5) is 0 Å². The van der Waals surface area contributed by atoms with E-state index < -0.39 is 24.6 Å². The van der Waals surface area contributed by atoms with E-state index in [4.69, 9.17) is 20.3 Å². The standard InChI is InChI=1S/C11H21NO6/c12-9(15)3-1-2-4-17-10-5-7(14)11(16)8(6-13)18-10/h7-8,10-11,13-14,16H,1-6H2,(H2,12,15)/t7-,8-,10-,11-/m1/s1. The Morgan fingerprint density at radius 3 is 2.72 bits per heavy atom. The van der Waals surface area contributed by atoms with Crippen molar-refractivity contribution < 1.29 is 29.6 Å². The highest BCUT2D eigenvalue weighted by molar-refractivity contribution is 5.73. The summed E-state index contributed by atoms with van der Waals surface area (Å²) in [5.74, 6) is -0.345. The zero-order valence-electron chi connectivity index (χ0n) is 10.2. The highest BCUT2D eigenvalue weighted by atomic mass is 16.7. The van der Waals surface area contributed by atoms with Gasteiger partial charge in [0.2, 0.25) is 5.91 Å². The van der Waals surface area contributed by atoms with Gasteiger partial charge in [0.1, 0.15) is 12.2 Å². The molecule has 0 aromatic carbocycles. The molecule has 1 rings (SSSR count). The lowest BCUT2D eigenvalue weighted by molar-refractivity contribution is -0.256. The summed E-state index contributed by atoms with van der Waals surface area (Å²) in [5, 5.41) is 28.0. The van der Waals surface area contributed by atoms with Crippen molar-refractivity contribution in [2.75, 3.05) is 13.2 Å². The second-order valence-corrected chi connectivity index (χ2v) is 4.37. The average Bonchev–Trinajstić information content (AvgIpc) is 2.32. The molecule has 7 heteroatoms. The number of carbonyl (C=O) groups is 1. The van der Waals surface area contributed by atoms with Gasteiger partial charge in [-0.25, -0.2) is 0 Å². The van der Waals surface area contributed by atoms with E-state index in [1.54, 1.807) is 0 Å². The van der Waals surface area contributed by atoms with Crippen LogP contribution in [0.15, 0.2) is 0 Å². The largest absolute Gasteiger partial charge is 0.394 e. The van der Waals surface area contributed by atoms with Crippen LogP contribution in [0.1, 0.15) is 25.7 Å². The molecule has 1 aliphatic rings. The van der Waals surface area contributed by atoms with Gasteiger partial charge in [-0.05, 0) is 12.8 Å². The van der Waals surface area contributed by atoms with Crippen molar-refractivity contribution in [3.8, 4) is 0 Å². The topological polar surface area (TPSA) is 122 Å². The van der Waals surface area contributed by atoms with E-state index in [2.05, 4.69) is 0 Å². The third-order valence-corrected chi connectivity index (χ3v) is 2.84. The molecule has 18 heavy (non-hydrogen) atoms. The molecule has 106 valence electrons. The summed E-state index contributed by atoms with van der Waals surface area (Å²) < 4.78 is 10.6. The van der Waals surface area contributed by atoms with Gasteiger partial charge in [-0.1, -0.05) is 0 Å². The molecule has 5 N–H and O–H groups in total. The smallest absolute Gasteiger partial charge is 0.217 e. The Kier molecular flexibility index (Phi) is 6.51. The first-order chi connectivity index (χ1) is 8.54. The van der Waals surface area contributed by atoms with Crippen LogP contribution in [0, 0.1) is 0 Å². The Hall–Kier alpha value is -0.730. The molecule has 0 radical (unpaired) electrons. The van der Waals surface area contributed by atoms with Crippen LogP contribution in [0.2, 0.25) is 0 Å². The van der Waals surface area contributed by atoms with E-state index in [1.807, 2.05) is 0 Å². The fourth-order valence-corrected chi connectivity index (χ4v) is 1.79. The van der Waals surface area contributed by atoms with E-state index in [0.717, 1.165) is 0 Å². The highest BCUT2D eigenvalue weighted by Crippen LogP contribution is 2.21. The maximum absolute atomic E-state index is 10.5. The number of carbonyl (C=O) groups excluding carboxylic acids is 1. The first kappa shape index (κ1) is 15.3. The van der Waals surface area contributed by atoms with Gasteiger partial charge in [-0.3, -0.25) is 4.79 Å².